The maximum Gasteiger partial charge on any atom is 0.278 e. The van der Waals surface area contributed by atoms with Gasteiger partial charge in [0.1, 0.15) is 32.2 Å². The molecule has 0 saturated carbocycles. The summed E-state index contributed by atoms with van der Waals surface area (Å²) >= 11 is 0. The highest BCUT2D eigenvalue weighted by Crippen LogP contribution is 2.18. The maximum absolute atomic E-state index is 12.6. The minimum absolute atomic E-state index is 0.00678. The van der Waals surface area contributed by atoms with Gasteiger partial charge in [-0.3, -0.25) is 4.79 Å². The van der Waals surface area contributed by atoms with E-state index < -0.39 is 0 Å². The molecule has 1 saturated heterocycles. The van der Waals surface area contributed by atoms with E-state index in [1.165, 1.54) is 16.0 Å². The zero-order valence-electron chi connectivity index (χ0n) is 17.7. The molecule has 2 aromatic carbocycles. The summed E-state index contributed by atoms with van der Waals surface area (Å²) in [4.78, 5) is 15.6. The first-order valence-electron chi connectivity index (χ1n) is 10.5. The van der Waals surface area contributed by atoms with Crippen LogP contribution in [0.2, 0.25) is 0 Å². The molecule has 1 atom stereocenters. The van der Waals surface area contributed by atoms with E-state index in [1.807, 2.05) is 20.8 Å². The SMILES string of the molecule is C[C@@H](C(=O)NC(C)(C)C)[NH+]1CC[NH+](C(c2ccccc2)c2ccccc2)CC1. The zero-order chi connectivity index (χ0) is 20.1. The van der Waals surface area contributed by atoms with Crippen molar-refractivity contribution in [3.8, 4) is 0 Å². The van der Waals surface area contributed by atoms with Crippen molar-refractivity contribution in [1.29, 1.82) is 0 Å². The van der Waals surface area contributed by atoms with Crippen LogP contribution in [0.1, 0.15) is 44.9 Å². The van der Waals surface area contributed by atoms with Gasteiger partial charge in [-0.25, -0.2) is 0 Å². The van der Waals surface area contributed by atoms with Crippen LogP contribution in [0.4, 0.5) is 0 Å². The van der Waals surface area contributed by atoms with E-state index in [-0.39, 0.29) is 17.5 Å². The van der Waals surface area contributed by atoms with Crippen molar-refractivity contribution >= 4 is 5.91 Å². The molecule has 1 amide bonds. The molecular weight excluding hydrogens is 346 g/mol. The number of hydrogen-bond acceptors (Lipinski definition) is 1. The third kappa shape index (κ3) is 5.21. The molecule has 0 unspecified atom stereocenters. The van der Waals surface area contributed by atoms with E-state index in [9.17, 15) is 4.79 Å². The molecule has 150 valence electrons. The molecule has 0 aromatic heterocycles. The van der Waals surface area contributed by atoms with Crippen molar-refractivity contribution in [3.63, 3.8) is 0 Å². The van der Waals surface area contributed by atoms with Gasteiger partial charge in [0.25, 0.3) is 5.91 Å². The van der Waals surface area contributed by atoms with Gasteiger partial charge in [-0.2, -0.15) is 0 Å². The van der Waals surface area contributed by atoms with Crippen LogP contribution in [0.5, 0.6) is 0 Å². The van der Waals surface area contributed by atoms with Crippen molar-refractivity contribution in [1.82, 2.24) is 5.32 Å². The minimum atomic E-state index is -0.177. The molecule has 1 aliphatic heterocycles. The Labute approximate surface area is 169 Å². The molecule has 4 heteroatoms. The van der Waals surface area contributed by atoms with E-state index in [0.29, 0.717) is 6.04 Å². The van der Waals surface area contributed by atoms with Crippen LogP contribution < -0.4 is 15.1 Å². The monoisotopic (exact) mass is 381 g/mol. The maximum atomic E-state index is 12.6. The summed E-state index contributed by atoms with van der Waals surface area (Å²) in [5, 5.41) is 3.14. The Morgan fingerprint density at radius 3 is 1.68 bits per heavy atom. The Morgan fingerprint density at radius 1 is 0.821 bits per heavy atom. The molecule has 0 radical (unpaired) electrons. The van der Waals surface area contributed by atoms with Crippen LogP contribution in [-0.4, -0.2) is 43.7 Å². The third-order valence-electron chi connectivity index (χ3n) is 5.71. The van der Waals surface area contributed by atoms with Gasteiger partial charge < -0.3 is 15.1 Å². The van der Waals surface area contributed by atoms with Crippen LogP contribution in [0.15, 0.2) is 60.7 Å². The summed E-state index contributed by atoms with van der Waals surface area (Å²) in [7, 11) is 0. The van der Waals surface area contributed by atoms with E-state index in [0.717, 1.165) is 26.2 Å². The molecule has 0 bridgehead atoms. The number of benzene rings is 2. The number of amides is 1. The Hall–Kier alpha value is -2.17. The largest absolute Gasteiger partial charge is 0.346 e. The predicted octanol–water partition coefficient (Wildman–Crippen LogP) is 0.863. The van der Waals surface area contributed by atoms with E-state index in [1.54, 1.807) is 4.90 Å². The molecule has 0 spiro atoms. The van der Waals surface area contributed by atoms with Crippen LogP contribution in [-0.2, 0) is 4.79 Å². The van der Waals surface area contributed by atoms with Gasteiger partial charge in [-0.1, -0.05) is 60.7 Å². The van der Waals surface area contributed by atoms with Crippen molar-refractivity contribution in [2.75, 3.05) is 26.2 Å². The summed E-state index contributed by atoms with van der Waals surface area (Å²) in [6.07, 6.45) is 0. The first kappa shape index (κ1) is 20.6. The fourth-order valence-corrected chi connectivity index (χ4v) is 4.23. The Morgan fingerprint density at radius 2 is 1.25 bits per heavy atom. The Kier molecular flexibility index (Phi) is 6.53. The van der Waals surface area contributed by atoms with Gasteiger partial charge in [-0.05, 0) is 27.7 Å². The second-order valence-corrected chi connectivity index (χ2v) is 9.03. The minimum Gasteiger partial charge on any atom is -0.346 e. The molecule has 2 aromatic rings. The highest BCUT2D eigenvalue weighted by Gasteiger charge is 2.36. The van der Waals surface area contributed by atoms with Gasteiger partial charge in [-0.15, -0.1) is 0 Å². The number of nitrogens with one attached hydrogen (secondary N) is 3. The third-order valence-corrected chi connectivity index (χ3v) is 5.71. The lowest BCUT2D eigenvalue weighted by molar-refractivity contribution is -1.03. The lowest BCUT2D eigenvalue weighted by atomic mass is 9.96. The normalized spacial score (nSPS) is 21.3. The number of piperazine rings is 1. The Balaban J connectivity index is 1.70. The summed E-state index contributed by atoms with van der Waals surface area (Å²) in [5.41, 5.74) is 2.56. The standard InChI is InChI=1S/C24H33N3O/c1-19(23(28)25-24(2,3)4)26-15-17-27(18-16-26)22(20-11-7-5-8-12-20)21-13-9-6-10-14-21/h5-14,19,22H,15-18H2,1-4H3,(H,25,28)/p+2/t19-/m0/s1. The predicted molar refractivity (Wildman–Crippen MR) is 113 cm³/mol. The lowest BCUT2D eigenvalue weighted by Crippen LogP contribution is -3.30. The second kappa shape index (κ2) is 8.89. The van der Waals surface area contributed by atoms with Crippen LogP contribution in [0.25, 0.3) is 0 Å². The van der Waals surface area contributed by atoms with Gasteiger partial charge in [0.2, 0.25) is 0 Å². The number of carbonyl (C=O) groups is 1. The molecule has 3 N–H and O–H groups in total. The van der Waals surface area contributed by atoms with Gasteiger partial charge >= 0.3 is 0 Å². The molecular formula is C24H35N3O+2. The highest BCUT2D eigenvalue weighted by atomic mass is 16.2. The topological polar surface area (TPSA) is 38.0 Å². The van der Waals surface area contributed by atoms with Gasteiger partial charge in [0.05, 0.1) is 0 Å². The second-order valence-electron chi connectivity index (χ2n) is 9.03. The lowest BCUT2D eigenvalue weighted by Gasteiger charge is -2.37. The molecule has 1 heterocycles. The highest BCUT2D eigenvalue weighted by molar-refractivity contribution is 5.80. The molecule has 1 aliphatic rings. The smallest absolute Gasteiger partial charge is 0.278 e. The van der Waals surface area contributed by atoms with Crippen LogP contribution in [0.3, 0.4) is 0 Å². The summed E-state index contributed by atoms with van der Waals surface area (Å²) < 4.78 is 0. The number of quaternary nitrogens is 2. The Bertz CT molecular complexity index is 707. The van der Waals surface area contributed by atoms with E-state index >= 15 is 0 Å². The van der Waals surface area contributed by atoms with Gasteiger partial charge in [0.15, 0.2) is 6.04 Å². The number of carbonyl (C=O) groups excluding carboxylic acids is 1. The first-order chi connectivity index (χ1) is 13.3. The molecule has 28 heavy (non-hydrogen) atoms. The first-order valence-corrected chi connectivity index (χ1v) is 10.5. The molecule has 3 rings (SSSR count). The molecule has 4 nitrogen and oxygen atoms in total. The molecule has 0 aliphatic carbocycles. The average Bonchev–Trinajstić information content (AvgIpc) is 2.68. The average molecular weight is 382 g/mol. The van der Waals surface area contributed by atoms with Crippen molar-refractivity contribution in [3.05, 3.63) is 71.8 Å². The fourth-order valence-electron chi connectivity index (χ4n) is 4.23. The number of hydrogen-bond donors (Lipinski definition) is 3. The quantitative estimate of drug-likeness (QED) is 0.706. The fraction of sp³-hybridized carbons (Fsp3) is 0.458. The van der Waals surface area contributed by atoms with E-state index in [2.05, 4.69) is 72.9 Å². The zero-order valence-corrected chi connectivity index (χ0v) is 17.7. The van der Waals surface area contributed by atoms with Crippen molar-refractivity contribution in [2.24, 2.45) is 0 Å². The van der Waals surface area contributed by atoms with Crippen molar-refractivity contribution in [2.45, 2.75) is 45.3 Å². The van der Waals surface area contributed by atoms with E-state index in [4.69, 9.17) is 0 Å². The van der Waals surface area contributed by atoms with Gasteiger partial charge in [0, 0.05) is 16.7 Å². The summed E-state index contributed by atoms with van der Waals surface area (Å²) in [6, 6.07) is 22.0. The summed E-state index contributed by atoms with van der Waals surface area (Å²) in [5.74, 6) is 0.161. The number of rotatable bonds is 5. The molecule has 1 fully saturated rings. The van der Waals surface area contributed by atoms with Crippen molar-refractivity contribution < 1.29 is 14.6 Å². The van der Waals surface area contributed by atoms with Crippen LogP contribution in [0, 0.1) is 0 Å². The summed E-state index contributed by atoms with van der Waals surface area (Å²) in [6.45, 7) is 12.4. The van der Waals surface area contributed by atoms with Crippen LogP contribution >= 0.6 is 0 Å².